The first kappa shape index (κ1) is 4.94. The number of nitrogens with zero attached hydrogens (tertiary/aromatic N) is 1. The first-order valence-electron chi connectivity index (χ1n) is 1.28. The molecule has 34 valence electrons. The molecule has 4 heteroatoms. The Morgan fingerprint density at radius 2 is 2.50 bits per heavy atom. The van der Waals surface area contributed by atoms with Crippen molar-refractivity contribution in [2.75, 3.05) is 0 Å². The van der Waals surface area contributed by atoms with E-state index in [1.165, 1.54) is 0 Å². The Labute approximate surface area is 35.0 Å². The zero-order valence-electron chi connectivity index (χ0n) is 3.14. The number of amides is 2. The fourth-order valence-electron chi connectivity index (χ4n) is 0.0779. The van der Waals surface area contributed by atoms with Crippen LogP contribution in [0.1, 0.15) is 0 Å². The average molecular weight is 87.1 g/mol. The largest absolute Gasteiger partial charge is 0.350 e. The van der Waals surface area contributed by atoms with Crippen LogP contribution < -0.4 is 11.2 Å². The van der Waals surface area contributed by atoms with Crippen LogP contribution in [0.15, 0.2) is 5.10 Å². The molecule has 2 amide bonds. The average Bonchev–Trinajstić information content (AvgIpc) is 1.35. The molecular formula is C2H5N3O. The molecule has 0 aromatic heterocycles. The van der Waals surface area contributed by atoms with Crippen molar-refractivity contribution in [3.05, 3.63) is 0 Å². The number of rotatable bonds is 1. The van der Waals surface area contributed by atoms with Crippen LogP contribution in [0.3, 0.4) is 0 Å². The molecule has 0 heterocycles. The number of nitrogens with one attached hydrogen (secondary N) is 1. The SMILES string of the molecule is C=NNC(N)=O. The number of hydrogen-bond acceptors (Lipinski definition) is 2. The molecule has 0 radical (unpaired) electrons. The Morgan fingerprint density at radius 1 is 2.00 bits per heavy atom. The molecule has 4 nitrogen and oxygen atoms in total. The molecule has 0 aliphatic carbocycles. The zero-order valence-corrected chi connectivity index (χ0v) is 3.14. The van der Waals surface area contributed by atoms with Gasteiger partial charge in [0.2, 0.25) is 0 Å². The predicted molar refractivity (Wildman–Crippen MR) is 22.3 cm³/mol. The van der Waals surface area contributed by atoms with Gasteiger partial charge in [-0.3, -0.25) is 0 Å². The molecule has 0 unspecified atom stereocenters. The second-order valence-corrected chi connectivity index (χ2v) is 0.634. The number of urea groups is 1. The summed E-state index contributed by atoms with van der Waals surface area (Å²) in [6.45, 7) is 2.94. The summed E-state index contributed by atoms with van der Waals surface area (Å²) in [6, 6.07) is -0.690. The maximum absolute atomic E-state index is 9.58. The van der Waals surface area contributed by atoms with Crippen molar-refractivity contribution < 1.29 is 4.79 Å². The molecule has 0 saturated carbocycles. The van der Waals surface area contributed by atoms with Gasteiger partial charge in [0.25, 0.3) is 0 Å². The first-order chi connectivity index (χ1) is 2.77. The maximum atomic E-state index is 9.58. The summed E-state index contributed by atoms with van der Waals surface area (Å²) < 4.78 is 0. The number of nitrogens with two attached hydrogens (primary N) is 1. The van der Waals surface area contributed by atoms with Gasteiger partial charge in [-0.15, -0.1) is 0 Å². The summed E-state index contributed by atoms with van der Waals surface area (Å²) in [5.41, 5.74) is 6.38. The van der Waals surface area contributed by atoms with Crippen LogP contribution in [-0.2, 0) is 0 Å². The standard InChI is InChI=1S/C2H5N3O/c1-4-5-2(3)6/h1H2,(H3,3,5,6). The molecule has 0 aromatic rings. The van der Waals surface area contributed by atoms with Gasteiger partial charge in [-0.05, 0) is 0 Å². The van der Waals surface area contributed by atoms with Crippen LogP contribution in [0.5, 0.6) is 0 Å². The van der Waals surface area contributed by atoms with Gasteiger partial charge in [-0.25, -0.2) is 10.2 Å². The van der Waals surface area contributed by atoms with Crippen LogP contribution in [0, 0.1) is 0 Å². The van der Waals surface area contributed by atoms with Crippen LogP contribution in [-0.4, -0.2) is 12.7 Å². The van der Waals surface area contributed by atoms with E-state index in [1.54, 1.807) is 0 Å². The minimum atomic E-state index is -0.690. The van der Waals surface area contributed by atoms with Crippen molar-refractivity contribution in [3.8, 4) is 0 Å². The van der Waals surface area contributed by atoms with E-state index in [0.717, 1.165) is 0 Å². The second-order valence-electron chi connectivity index (χ2n) is 0.634. The van der Waals surface area contributed by atoms with E-state index in [2.05, 4.69) is 17.6 Å². The van der Waals surface area contributed by atoms with Gasteiger partial charge in [-0.2, -0.15) is 5.10 Å². The molecule has 0 aliphatic rings. The highest BCUT2D eigenvalue weighted by Crippen LogP contribution is 1.47. The summed E-state index contributed by atoms with van der Waals surface area (Å²) in [4.78, 5) is 9.58. The Bertz CT molecular complexity index is 69.2. The highest BCUT2D eigenvalue weighted by Gasteiger charge is 1.77. The smallest absolute Gasteiger partial charge is 0.332 e. The Hall–Kier alpha value is -1.06. The van der Waals surface area contributed by atoms with Crippen LogP contribution in [0.4, 0.5) is 4.79 Å². The minimum absolute atomic E-state index is 0.690. The fourth-order valence-corrected chi connectivity index (χ4v) is 0.0779. The lowest BCUT2D eigenvalue weighted by Gasteiger charge is -1.82. The summed E-state index contributed by atoms with van der Waals surface area (Å²) in [7, 11) is 0. The van der Waals surface area contributed by atoms with Gasteiger partial charge in [0.1, 0.15) is 0 Å². The Kier molecular flexibility index (Phi) is 1.81. The molecule has 0 spiro atoms. The summed E-state index contributed by atoms with van der Waals surface area (Å²) in [6.07, 6.45) is 0. The van der Waals surface area contributed by atoms with Crippen molar-refractivity contribution in [1.82, 2.24) is 5.43 Å². The molecule has 0 saturated heterocycles. The summed E-state index contributed by atoms with van der Waals surface area (Å²) in [5, 5.41) is 2.96. The maximum Gasteiger partial charge on any atom is 0.332 e. The molecular weight excluding hydrogens is 82.0 g/mol. The predicted octanol–water partition coefficient (Wildman–Crippen LogP) is -0.730. The quantitative estimate of drug-likeness (QED) is 0.321. The molecule has 0 aliphatic heterocycles. The number of hydrogen-bond donors (Lipinski definition) is 2. The van der Waals surface area contributed by atoms with Gasteiger partial charge in [0.05, 0.1) is 0 Å². The summed E-state index contributed by atoms with van der Waals surface area (Å²) >= 11 is 0. The van der Waals surface area contributed by atoms with E-state index in [0.29, 0.717) is 0 Å². The zero-order chi connectivity index (χ0) is 4.99. The van der Waals surface area contributed by atoms with Crippen LogP contribution in [0.25, 0.3) is 0 Å². The number of primary amides is 1. The van der Waals surface area contributed by atoms with E-state index in [4.69, 9.17) is 0 Å². The Morgan fingerprint density at radius 3 is 2.50 bits per heavy atom. The first-order valence-corrected chi connectivity index (χ1v) is 1.28. The molecule has 0 bridgehead atoms. The number of carbonyl (C=O) groups excluding carboxylic acids is 1. The monoisotopic (exact) mass is 87.0 g/mol. The lowest BCUT2D eigenvalue weighted by atomic mass is 11.1. The third-order valence-electron chi connectivity index (χ3n) is 0.189. The minimum Gasteiger partial charge on any atom is -0.350 e. The van der Waals surface area contributed by atoms with E-state index < -0.39 is 6.03 Å². The van der Waals surface area contributed by atoms with Crippen LogP contribution >= 0.6 is 0 Å². The van der Waals surface area contributed by atoms with Gasteiger partial charge in [0.15, 0.2) is 0 Å². The van der Waals surface area contributed by atoms with Crippen molar-refractivity contribution in [3.63, 3.8) is 0 Å². The normalized spacial score (nSPS) is 6.67. The Balaban J connectivity index is 3.05. The molecule has 6 heavy (non-hydrogen) atoms. The van der Waals surface area contributed by atoms with Crippen molar-refractivity contribution in [2.45, 2.75) is 0 Å². The lowest BCUT2D eigenvalue weighted by Crippen LogP contribution is -2.23. The molecule has 3 N–H and O–H groups in total. The van der Waals surface area contributed by atoms with Gasteiger partial charge < -0.3 is 5.73 Å². The molecule has 0 rings (SSSR count). The third kappa shape index (κ3) is 2.94. The highest BCUT2D eigenvalue weighted by molar-refractivity contribution is 5.71. The van der Waals surface area contributed by atoms with Crippen molar-refractivity contribution in [1.29, 1.82) is 0 Å². The second kappa shape index (κ2) is 2.19. The van der Waals surface area contributed by atoms with Crippen molar-refractivity contribution in [2.24, 2.45) is 10.8 Å². The van der Waals surface area contributed by atoms with E-state index in [9.17, 15) is 4.79 Å². The van der Waals surface area contributed by atoms with E-state index in [1.807, 2.05) is 5.43 Å². The highest BCUT2D eigenvalue weighted by atomic mass is 16.2. The third-order valence-corrected chi connectivity index (χ3v) is 0.189. The van der Waals surface area contributed by atoms with Crippen LogP contribution in [0.2, 0.25) is 0 Å². The summed E-state index contributed by atoms with van der Waals surface area (Å²) in [5.74, 6) is 0. The van der Waals surface area contributed by atoms with Crippen molar-refractivity contribution >= 4 is 12.7 Å². The fraction of sp³-hybridized carbons (Fsp3) is 0. The molecule has 0 aromatic carbocycles. The topological polar surface area (TPSA) is 67.5 Å². The number of hydrazone groups is 1. The van der Waals surface area contributed by atoms with E-state index in [-0.39, 0.29) is 0 Å². The van der Waals surface area contributed by atoms with Gasteiger partial charge in [-0.1, -0.05) is 0 Å². The molecule has 0 atom stereocenters. The van der Waals surface area contributed by atoms with E-state index >= 15 is 0 Å². The number of carbonyl (C=O) groups is 1. The van der Waals surface area contributed by atoms with Gasteiger partial charge in [0, 0.05) is 6.72 Å². The molecule has 0 fully saturated rings. The van der Waals surface area contributed by atoms with Gasteiger partial charge >= 0.3 is 6.03 Å². The lowest BCUT2D eigenvalue weighted by molar-refractivity contribution is 0.249.